The van der Waals surface area contributed by atoms with Gasteiger partial charge in [0.25, 0.3) is 0 Å². The summed E-state index contributed by atoms with van der Waals surface area (Å²) in [7, 11) is 0. The summed E-state index contributed by atoms with van der Waals surface area (Å²) < 4.78 is 16.8. The van der Waals surface area contributed by atoms with Gasteiger partial charge in [-0.1, -0.05) is 0 Å². The van der Waals surface area contributed by atoms with Gasteiger partial charge in [0.05, 0.1) is 11.2 Å². The highest BCUT2D eigenvalue weighted by atomic mass is 19.1. The first-order valence-electron chi connectivity index (χ1n) is 8.70. The molecular formula is C18H20FN3O4. The van der Waals surface area contributed by atoms with Gasteiger partial charge >= 0.3 is 5.97 Å². The molecule has 2 aromatic rings. The van der Waals surface area contributed by atoms with Crippen molar-refractivity contribution in [2.45, 2.75) is 25.8 Å². The minimum Gasteiger partial charge on any atom is -0.477 e. The zero-order valence-corrected chi connectivity index (χ0v) is 14.4. The molecule has 3 heterocycles. The Bertz CT molecular complexity index is 963. The van der Waals surface area contributed by atoms with E-state index in [0.717, 1.165) is 12.0 Å². The summed E-state index contributed by atoms with van der Waals surface area (Å²) in [5.41, 5.74) is 0.858. The molecule has 26 heavy (non-hydrogen) atoms. The number of halogens is 1. The number of rotatable bonds is 2. The van der Waals surface area contributed by atoms with Crippen molar-refractivity contribution in [3.8, 4) is 0 Å². The van der Waals surface area contributed by atoms with Crippen molar-refractivity contribution in [2.75, 3.05) is 31.1 Å². The number of aromatic carboxylic acids is 1. The van der Waals surface area contributed by atoms with Crippen LogP contribution in [0.5, 0.6) is 0 Å². The van der Waals surface area contributed by atoms with Crippen LogP contribution in [-0.2, 0) is 6.42 Å². The Hall–Kier alpha value is -2.45. The van der Waals surface area contributed by atoms with Gasteiger partial charge in [-0.05, 0) is 25.8 Å². The molecule has 8 heteroatoms. The third-order valence-corrected chi connectivity index (χ3v) is 5.43. The Balaban J connectivity index is 2.00. The van der Waals surface area contributed by atoms with Crippen molar-refractivity contribution < 1.29 is 19.5 Å². The standard InChI is InChI=1S/C18H20FN3O4/c1-10-2-3-11-15-12(17(23)13(18(24)25)9-22(10)15)8-14(19)16(11)20-4-6-21(26)7-5-20/h8-10,26H,2-7H2,1H3,(H,24,25). The Labute approximate surface area is 148 Å². The Morgan fingerprint density at radius 2 is 1.96 bits per heavy atom. The van der Waals surface area contributed by atoms with Crippen molar-refractivity contribution in [2.24, 2.45) is 0 Å². The molecule has 1 aromatic carbocycles. The molecule has 2 N–H and O–H groups in total. The summed E-state index contributed by atoms with van der Waals surface area (Å²) in [6, 6.07) is 1.19. The number of benzene rings is 1. The highest BCUT2D eigenvalue weighted by molar-refractivity contribution is 5.95. The van der Waals surface area contributed by atoms with E-state index in [-0.39, 0.29) is 17.0 Å². The second kappa shape index (κ2) is 6.07. The van der Waals surface area contributed by atoms with Gasteiger partial charge in [-0.2, -0.15) is 5.06 Å². The van der Waals surface area contributed by atoms with E-state index in [1.807, 2.05) is 11.8 Å². The van der Waals surface area contributed by atoms with E-state index in [1.54, 1.807) is 4.57 Å². The van der Waals surface area contributed by atoms with Crippen LogP contribution in [0.2, 0.25) is 0 Å². The smallest absolute Gasteiger partial charge is 0.341 e. The second-order valence-electron chi connectivity index (χ2n) is 6.99. The summed E-state index contributed by atoms with van der Waals surface area (Å²) in [5.74, 6) is -1.82. The molecule has 1 unspecified atom stereocenters. The highest BCUT2D eigenvalue weighted by Crippen LogP contribution is 2.38. The molecule has 4 rings (SSSR count). The molecule has 1 aromatic heterocycles. The molecule has 0 aliphatic carbocycles. The minimum atomic E-state index is -1.30. The van der Waals surface area contributed by atoms with E-state index >= 15 is 4.39 Å². The van der Waals surface area contributed by atoms with Crippen LogP contribution in [-0.4, -0.2) is 52.1 Å². The van der Waals surface area contributed by atoms with Crippen LogP contribution in [0.3, 0.4) is 0 Å². The number of hydrogen-bond acceptors (Lipinski definition) is 5. The predicted octanol–water partition coefficient (Wildman–Crippen LogP) is 1.86. The summed E-state index contributed by atoms with van der Waals surface area (Å²) in [4.78, 5) is 25.9. The third-order valence-electron chi connectivity index (χ3n) is 5.43. The average molecular weight is 361 g/mol. The molecule has 0 radical (unpaired) electrons. The number of aryl methyl sites for hydroxylation is 1. The highest BCUT2D eigenvalue weighted by Gasteiger charge is 2.29. The largest absolute Gasteiger partial charge is 0.477 e. The quantitative estimate of drug-likeness (QED) is 0.849. The molecule has 1 fully saturated rings. The number of pyridine rings is 1. The van der Waals surface area contributed by atoms with Crippen LogP contribution in [0.1, 0.15) is 35.3 Å². The molecule has 0 bridgehead atoms. The van der Waals surface area contributed by atoms with Crippen LogP contribution in [0.25, 0.3) is 10.9 Å². The SMILES string of the molecule is CC1CCc2c(N3CCN(O)CC3)c(F)cc3c(=O)c(C(=O)O)cn1c23. The van der Waals surface area contributed by atoms with E-state index in [1.165, 1.54) is 17.3 Å². The van der Waals surface area contributed by atoms with Crippen molar-refractivity contribution >= 4 is 22.6 Å². The van der Waals surface area contributed by atoms with Crippen LogP contribution in [0.4, 0.5) is 10.1 Å². The number of nitrogens with zero attached hydrogens (tertiary/aromatic N) is 3. The van der Waals surface area contributed by atoms with Gasteiger partial charge in [-0.3, -0.25) is 4.79 Å². The zero-order chi connectivity index (χ0) is 18.6. The normalized spacial score (nSPS) is 20.6. The fourth-order valence-electron chi connectivity index (χ4n) is 4.05. The minimum absolute atomic E-state index is 0.0244. The fourth-order valence-corrected chi connectivity index (χ4v) is 4.05. The van der Waals surface area contributed by atoms with Crippen LogP contribution in [0.15, 0.2) is 17.1 Å². The molecule has 0 amide bonds. The molecule has 1 atom stereocenters. The first kappa shape index (κ1) is 17.0. The lowest BCUT2D eigenvalue weighted by molar-refractivity contribution is -0.0936. The van der Waals surface area contributed by atoms with E-state index in [2.05, 4.69) is 0 Å². The zero-order valence-electron chi connectivity index (χ0n) is 14.4. The molecule has 0 saturated carbocycles. The molecule has 138 valence electrons. The fraction of sp³-hybridized carbons (Fsp3) is 0.444. The second-order valence-corrected chi connectivity index (χ2v) is 6.99. The average Bonchev–Trinajstić information content (AvgIpc) is 2.60. The number of anilines is 1. The maximum atomic E-state index is 15.0. The van der Waals surface area contributed by atoms with Crippen LogP contribution >= 0.6 is 0 Å². The predicted molar refractivity (Wildman–Crippen MR) is 93.7 cm³/mol. The Morgan fingerprint density at radius 3 is 2.62 bits per heavy atom. The van der Waals surface area contributed by atoms with E-state index in [4.69, 9.17) is 0 Å². The monoisotopic (exact) mass is 361 g/mol. The maximum Gasteiger partial charge on any atom is 0.341 e. The Kier molecular flexibility index (Phi) is 3.96. The number of carbonyl (C=O) groups is 1. The summed E-state index contributed by atoms with van der Waals surface area (Å²) in [5, 5.41) is 20.2. The first-order chi connectivity index (χ1) is 12.4. The van der Waals surface area contributed by atoms with Crippen molar-refractivity contribution in [3.05, 3.63) is 39.4 Å². The lowest BCUT2D eigenvalue weighted by Crippen LogP contribution is -2.45. The maximum absolute atomic E-state index is 15.0. The van der Waals surface area contributed by atoms with Crippen molar-refractivity contribution in [1.82, 2.24) is 9.63 Å². The van der Waals surface area contributed by atoms with Crippen molar-refractivity contribution in [1.29, 1.82) is 0 Å². The van der Waals surface area contributed by atoms with Gasteiger partial charge in [0.15, 0.2) is 0 Å². The lowest BCUT2D eigenvalue weighted by Gasteiger charge is -2.36. The van der Waals surface area contributed by atoms with Gasteiger partial charge in [-0.25, -0.2) is 9.18 Å². The van der Waals surface area contributed by atoms with Gasteiger partial charge in [-0.15, -0.1) is 0 Å². The van der Waals surface area contributed by atoms with Gasteiger partial charge < -0.3 is 19.8 Å². The van der Waals surface area contributed by atoms with Gasteiger partial charge in [0, 0.05) is 49.4 Å². The number of carboxylic acids is 1. The third kappa shape index (κ3) is 2.48. The van der Waals surface area contributed by atoms with Crippen molar-refractivity contribution in [3.63, 3.8) is 0 Å². The number of hydroxylamine groups is 2. The molecule has 1 saturated heterocycles. The number of piperazine rings is 1. The van der Waals surface area contributed by atoms with E-state index in [9.17, 15) is 19.9 Å². The molecular weight excluding hydrogens is 341 g/mol. The Morgan fingerprint density at radius 1 is 1.27 bits per heavy atom. The summed E-state index contributed by atoms with van der Waals surface area (Å²) >= 11 is 0. The van der Waals surface area contributed by atoms with E-state index in [0.29, 0.717) is 43.8 Å². The van der Waals surface area contributed by atoms with E-state index < -0.39 is 17.2 Å². The molecule has 2 aliphatic rings. The first-order valence-corrected chi connectivity index (χ1v) is 8.70. The lowest BCUT2D eigenvalue weighted by atomic mass is 9.93. The topological polar surface area (TPSA) is 86.0 Å². The number of carboxylic acid groups (broad SMARTS) is 1. The summed E-state index contributed by atoms with van der Waals surface area (Å²) in [6.07, 6.45) is 2.74. The number of aromatic nitrogens is 1. The molecule has 7 nitrogen and oxygen atoms in total. The van der Waals surface area contributed by atoms with Crippen LogP contribution in [0, 0.1) is 5.82 Å². The molecule has 2 aliphatic heterocycles. The van der Waals surface area contributed by atoms with Gasteiger partial charge in [0.1, 0.15) is 11.4 Å². The molecule has 0 spiro atoms. The van der Waals surface area contributed by atoms with Gasteiger partial charge in [0.2, 0.25) is 5.43 Å². The summed E-state index contributed by atoms with van der Waals surface area (Å²) in [6.45, 7) is 3.76. The van der Waals surface area contributed by atoms with Crippen LogP contribution < -0.4 is 10.3 Å². The number of hydrogen-bond donors (Lipinski definition) is 2.